The summed E-state index contributed by atoms with van der Waals surface area (Å²) < 4.78 is 0. The topological polar surface area (TPSA) is 37.3 Å². The van der Waals surface area contributed by atoms with Gasteiger partial charge in [0.2, 0.25) is 0 Å². The first-order chi connectivity index (χ1) is 10.3. The Balaban J connectivity index is 1.70. The van der Waals surface area contributed by atoms with Gasteiger partial charge in [-0.25, -0.2) is 0 Å². The predicted octanol–water partition coefficient (Wildman–Crippen LogP) is 4.27. The van der Waals surface area contributed by atoms with Crippen molar-refractivity contribution >= 4 is 5.78 Å². The summed E-state index contributed by atoms with van der Waals surface area (Å²) in [7, 11) is 0. The fourth-order valence-electron chi connectivity index (χ4n) is 6.80. The Bertz CT molecular complexity index is 546. The maximum absolute atomic E-state index is 11.8. The van der Waals surface area contributed by atoms with Crippen molar-refractivity contribution in [1.29, 1.82) is 0 Å². The molecule has 6 atom stereocenters. The Labute approximate surface area is 134 Å². The molecule has 1 N–H and O–H groups in total. The monoisotopic (exact) mass is 302 g/mol. The van der Waals surface area contributed by atoms with Gasteiger partial charge in [0.25, 0.3) is 0 Å². The third-order valence-electron chi connectivity index (χ3n) is 8.52. The van der Waals surface area contributed by atoms with Crippen molar-refractivity contribution in [3.63, 3.8) is 0 Å². The highest BCUT2D eigenvalue weighted by molar-refractivity contribution is 5.91. The van der Waals surface area contributed by atoms with E-state index < -0.39 is 5.60 Å². The zero-order valence-electron chi connectivity index (χ0n) is 14.3. The first kappa shape index (κ1) is 14.9. The molecule has 4 aliphatic carbocycles. The molecule has 2 heteroatoms. The number of carbonyl (C=O) groups is 1. The van der Waals surface area contributed by atoms with E-state index >= 15 is 0 Å². The fraction of sp³-hybridized carbons (Fsp3) is 0.850. The molecule has 3 fully saturated rings. The minimum Gasteiger partial charge on any atom is -0.390 e. The van der Waals surface area contributed by atoms with Crippen LogP contribution in [0.25, 0.3) is 0 Å². The molecule has 0 radical (unpaired) electrons. The van der Waals surface area contributed by atoms with Gasteiger partial charge in [-0.15, -0.1) is 0 Å². The maximum Gasteiger partial charge on any atom is 0.155 e. The summed E-state index contributed by atoms with van der Waals surface area (Å²) in [4.78, 5) is 11.8. The quantitative estimate of drug-likeness (QED) is 0.725. The molecule has 0 aromatic heterocycles. The van der Waals surface area contributed by atoms with E-state index in [1.165, 1.54) is 24.8 Å². The van der Waals surface area contributed by atoms with Crippen molar-refractivity contribution in [2.75, 3.05) is 0 Å². The number of carbonyl (C=O) groups excluding carboxylic acids is 1. The lowest BCUT2D eigenvalue weighted by molar-refractivity contribution is -0.124. The summed E-state index contributed by atoms with van der Waals surface area (Å²) >= 11 is 0. The van der Waals surface area contributed by atoms with Crippen molar-refractivity contribution < 1.29 is 9.90 Å². The Hall–Kier alpha value is -0.630. The van der Waals surface area contributed by atoms with Crippen molar-refractivity contribution in [2.45, 2.75) is 77.7 Å². The van der Waals surface area contributed by atoms with Gasteiger partial charge in [-0.1, -0.05) is 19.4 Å². The van der Waals surface area contributed by atoms with Gasteiger partial charge in [0, 0.05) is 6.42 Å². The van der Waals surface area contributed by atoms with Gasteiger partial charge in [0.15, 0.2) is 5.78 Å². The van der Waals surface area contributed by atoms with E-state index in [0.717, 1.165) is 43.9 Å². The van der Waals surface area contributed by atoms with Crippen LogP contribution in [0.4, 0.5) is 0 Å². The van der Waals surface area contributed by atoms with Crippen LogP contribution in [-0.2, 0) is 4.79 Å². The van der Waals surface area contributed by atoms with Crippen LogP contribution in [0.3, 0.4) is 0 Å². The van der Waals surface area contributed by atoms with Crippen LogP contribution in [0.5, 0.6) is 0 Å². The van der Waals surface area contributed by atoms with E-state index in [1.54, 1.807) is 0 Å². The lowest BCUT2D eigenvalue weighted by Gasteiger charge is -2.58. The lowest BCUT2D eigenvalue weighted by atomic mass is 9.46. The van der Waals surface area contributed by atoms with Crippen molar-refractivity contribution in [3.05, 3.63) is 11.6 Å². The van der Waals surface area contributed by atoms with Gasteiger partial charge in [0.1, 0.15) is 0 Å². The predicted molar refractivity (Wildman–Crippen MR) is 87.3 cm³/mol. The molecular weight excluding hydrogens is 272 g/mol. The van der Waals surface area contributed by atoms with Gasteiger partial charge in [-0.3, -0.25) is 4.79 Å². The first-order valence-corrected chi connectivity index (χ1v) is 9.24. The average molecular weight is 302 g/mol. The highest BCUT2D eigenvalue weighted by atomic mass is 16.3. The van der Waals surface area contributed by atoms with Gasteiger partial charge < -0.3 is 5.11 Å². The molecule has 0 aromatic rings. The van der Waals surface area contributed by atoms with Crippen LogP contribution in [0, 0.1) is 28.6 Å². The van der Waals surface area contributed by atoms with E-state index in [1.807, 2.05) is 6.08 Å². The van der Waals surface area contributed by atoms with Crippen LogP contribution in [0.2, 0.25) is 0 Å². The number of allylic oxidation sites excluding steroid dienone is 1. The number of ketones is 1. The molecule has 22 heavy (non-hydrogen) atoms. The van der Waals surface area contributed by atoms with Crippen LogP contribution in [0.15, 0.2) is 11.6 Å². The Morgan fingerprint density at radius 1 is 1.00 bits per heavy atom. The zero-order chi connectivity index (χ0) is 15.8. The molecule has 3 saturated carbocycles. The number of hydrogen-bond acceptors (Lipinski definition) is 2. The fourth-order valence-corrected chi connectivity index (χ4v) is 6.80. The molecule has 0 aliphatic heterocycles. The van der Waals surface area contributed by atoms with E-state index in [9.17, 15) is 9.90 Å². The highest BCUT2D eigenvalue weighted by Crippen LogP contribution is 2.67. The number of fused-ring (bicyclic) bond motifs is 5. The number of aliphatic hydroxyl groups is 1. The molecule has 122 valence electrons. The normalized spacial score (nSPS) is 54.3. The molecule has 4 aliphatic rings. The second kappa shape index (κ2) is 4.47. The third-order valence-corrected chi connectivity index (χ3v) is 8.52. The molecular formula is C20H30O2. The highest BCUT2D eigenvalue weighted by Gasteiger charge is 2.62. The zero-order valence-corrected chi connectivity index (χ0v) is 14.3. The van der Waals surface area contributed by atoms with Crippen LogP contribution < -0.4 is 0 Å². The Morgan fingerprint density at radius 3 is 2.50 bits per heavy atom. The minimum absolute atomic E-state index is 0.107. The van der Waals surface area contributed by atoms with E-state index in [0.29, 0.717) is 11.7 Å². The molecule has 0 spiro atoms. The van der Waals surface area contributed by atoms with E-state index in [2.05, 4.69) is 20.8 Å². The van der Waals surface area contributed by atoms with Gasteiger partial charge in [0.05, 0.1) is 5.60 Å². The molecule has 4 rings (SSSR count). The summed E-state index contributed by atoms with van der Waals surface area (Å²) in [6.07, 6.45) is 10.7. The number of hydrogen-bond donors (Lipinski definition) is 1. The first-order valence-electron chi connectivity index (χ1n) is 9.24. The minimum atomic E-state index is -0.484. The molecule has 0 saturated heterocycles. The van der Waals surface area contributed by atoms with Crippen molar-refractivity contribution in [1.82, 2.24) is 0 Å². The van der Waals surface area contributed by atoms with Crippen molar-refractivity contribution in [2.24, 2.45) is 28.6 Å². The molecule has 0 bridgehead atoms. The van der Waals surface area contributed by atoms with Crippen molar-refractivity contribution in [3.8, 4) is 0 Å². The van der Waals surface area contributed by atoms with Crippen LogP contribution in [-0.4, -0.2) is 16.5 Å². The SMILES string of the molecule is C[C@]1(O)CC[C@@H]2[C@H]3CCC4=CC(=O)CC[C@@]4(C)[C@H]3CC[C@]21C. The summed E-state index contributed by atoms with van der Waals surface area (Å²) in [5.41, 5.74) is 1.32. The number of rotatable bonds is 0. The largest absolute Gasteiger partial charge is 0.390 e. The maximum atomic E-state index is 11.8. The average Bonchev–Trinajstić information content (AvgIpc) is 2.70. The second-order valence-corrected chi connectivity index (χ2v) is 9.24. The second-order valence-electron chi connectivity index (χ2n) is 9.24. The van der Waals surface area contributed by atoms with Gasteiger partial charge in [-0.05, 0) is 86.5 Å². The van der Waals surface area contributed by atoms with Crippen LogP contribution >= 0.6 is 0 Å². The van der Waals surface area contributed by atoms with Gasteiger partial charge in [-0.2, -0.15) is 0 Å². The standard InChI is InChI=1S/C20H30O2/c1-18-9-6-14(21)12-13(18)4-5-15-16(18)7-10-19(2)17(15)8-11-20(19,3)22/h12,15-17,22H,4-11H2,1-3H3/t15-,16-,17+,18+,19+,20-/m0/s1. The van der Waals surface area contributed by atoms with Gasteiger partial charge >= 0.3 is 0 Å². The summed E-state index contributed by atoms with van der Waals surface area (Å²) in [5, 5.41) is 10.9. The smallest absolute Gasteiger partial charge is 0.155 e. The summed E-state index contributed by atoms with van der Waals surface area (Å²) in [5.74, 6) is 2.50. The van der Waals surface area contributed by atoms with E-state index in [-0.39, 0.29) is 10.8 Å². The Morgan fingerprint density at radius 2 is 1.73 bits per heavy atom. The molecule has 2 nitrogen and oxygen atoms in total. The molecule has 0 amide bonds. The molecule has 0 aromatic carbocycles. The van der Waals surface area contributed by atoms with Crippen LogP contribution in [0.1, 0.15) is 72.1 Å². The summed E-state index contributed by atoms with van der Waals surface area (Å²) in [6.45, 7) is 6.85. The summed E-state index contributed by atoms with van der Waals surface area (Å²) in [6, 6.07) is 0. The lowest BCUT2D eigenvalue weighted by Crippen LogP contribution is -2.53. The molecule has 0 heterocycles. The third kappa shape index (κ3) is 1.74. The molecule has 0 unspecified atom stereocenters. The Kier molecular flexibility index (Phi) is 3.03. The van der Waals surface area contributed by atoms with E-state index in [4.69, 9.17) is 0 Å².